The summed E-state index contributed by atoms with van der Waals surface area (Å²) in [5.41, 5.74) is -2.86. The molecule has 0 aliphatic rings. The van der Waals surface area contributed by atoms with Crippen LogP contribution in [0.25, 0.3) is 0 Å². The molecule has 0 fully saturated rings. The Bertz CT molecular complexity index is 234. The molecule has 0 unspecified atom stereocenters. The minimum atomic E-state index is -2.86. The largest absolute Gasteiger partial charge is 3.00 e. The van der Waals surface area contributed by atoms with Crippen LogP contribution in [0.15, 0.2) is 0 Å². The first kappa shape index (κ1) is 20.0. The molecule has 0 saturated carbocycles. The Labute approximate surface area is 112 Å². The maximum absolute atomic E-state index is 10.3. The third kappa shape index (κ3) is 7.45. The first-order valence-electron chi connectivity index (χ1n) is 3.13. The fraction of sp³-hybridized carbons (Fsp3) is 0.500. The molecular formula is C6H7LaO8. The van der Waals surface area contributed by atoms with E-state index >= 15 is 0 Å². The summed E-state index contributed by atoms with van der Waals surface area (Å²) < 4.78 is 0. The van der Waals surface area contributed by atoms with Gasteiger partial charge >= 0.3 is 41.6 Å². The van der Waals surface area contributed by atoms with E-state index in [0.717, 1.165) is 0 Å². The Morgan fingerprint density at radius 1 is 1.07 bits per heavy atom. The second-order valence-corrected chi connectivity index (χ2v) is 2.43. The normalized spacial score (nSPS) is 9.40. The summed E-state index contributed by atoms with van der Waals surface area (Å²) in [7, 11) is 0. The van der Waals surface area contributed by atoms with Gasteiger partial charge in [0.2, 0.25) is 0 Å². The maximum Gasteiger partial charge on any atom is 3.00 e. The summed E-state index contributed by atoms with van der Waals surface area (Å²) in [4.78, 5) is 30.2. The van der Waals surface area contributed by atoms with E-state index in [0.29, 0.717) is 0 Å². The van der Waals surface area contributed by atoms with E-state index < -0.39 is 36.4 Å². The third-order valence-corrected chi connectivity index (χ3v) is 1.27. The smallest absolute Gasteiger partial charge is 0.870 e. The average molecular weight is 346 g/mol. The molecule has 0 aliphatic carbocycles. The summed E-state index contributed by atoms with van der Waals surface area (Å²) >= 11 is 0. The number of rotatable bonds is 5. The molecular weight excluding hydrogens is 339 g/mol. The van der Waals surface area contributed by atoms with E-state index in [1.165, 1.54) is 0 Å². The van der Waals surface area contributed by atoms with Crippen molar-refractivity contribution in [2.24, 2.45) is 0 Å². The van der Waals surface area contributed by atoms with Crippen LogP contribution in [0.3, 0.4) is 0 Å². The van der Waals surface area contributed by atoms with Crippen molar-refractivity contribution >= 4 is 17.9 Å². The van der Waals surface area contributed by atoms with E-state index in [9.17, 15) is 24.6 Å². The SMILES string of the molecule is O=C([O-])CC(O)(CC(=O)[O-])C(=O)O.[La+3].[OH-]. The van der Waals surface area contributed by atoms with Crippen LogP contribution < -0.4 is 10.2 Å². The van der Waals surface area contributed by atoms with Crippen molar-refractivity contribution in [3.05, 3.63) is 0 Å². The Morgan fingerprint density at radius 2 is 1.33 bits per heavy atom. The molecule has 0 rings (SSSR count). The molecule has 0 radical (unpaired) electrons. The molecule has 0 aromatic carbocycles. The molecule has 9 heteroatoms. The summed E-state index contributed by atoms with van der Waals surface area (Å²) in [6.07, 6.45) is -2.59. The zero-order valence-electron chi connectivity index (χ0n) is 7.37. The summed E-state index contributed by atoms with van der Waals surface area (Å²) in [6.45, 7) is 0. The van der Waals surface area contributed by atoms with E-state index in [2.05, 4.69) is 0 Å². The summed E-state index contributed by atoms with van der Waals surface area (Å²) in [6, 6.07) is 0. The summed E-state index contributed by atoms with van der Waals surface area (Å²) in [5.74, 6) is -5.65. The molecule has 3 N–H and O–H groups in total. The first-order valence-corrected chi connectivity index (χ1v) is 3.13. The zero-order chi connectivity index (χ0) is 10.6. The number of aliphatic hydroxyl groups is 1. The number of aliphatic carboxylic acids is 3. The van der Waals surface area contributed by atoms with Gasteiger partial charge in [-0.2, -0.15) is 0 Å². The standard InChI is InChI=1S/C6H8O7.La.H2O/c7-3(8)1-6(13,5(11)12)2-4(9)10;;/h13H,1-2H2,(H,7,8)(H,9,10)(H,11,12);;1H2/q;+3;/p-3. The Kier molecular flexibility index (Phi) is 10.4. The van der Waals surface area contributed by atoms with Crippen molar-refractivity contribution < 1.29 is 75.9 Å². The van der Waals surface area contributed by atoms with Crippen molar-refractivity contribution in [1.82, 2.24) is 0 Å². The van der Waals surface area contributed by atoms with Gasteiger partial charge in [-0.15, -0.1) is 0 Å². The van der Waals surface area contributed by atoms with Crippen molar-refractivity contribution in [1.29, 1.82) is 0 Å². The molecule has 0 aliphatic heterocycles. The van der Waals surface area contributed by atoms with E-state index in [1.54, 1.807) is 0 Å². The molecule has 0 bridgehead atoms. The van der Waals surface area contributed by atoms with Crippen LogP contribution >= 0.6 is 0 Å². The molecule has 0 heterocycles. The number of hydrogen-bond acceptors (Lipinski definition) is 7. The number of hydrogen-bond donors (Lipinski definition) is 2. The van der Waals surface area contributed by atoms with E-state index in [4.69, 9.17) is 10.2 Å². The minimum absolute atomic E-state index is 0. The van der Waals surface area contributed by atoms with Gasteiger partial charge in [-0.25, -0.2) is 4.79 Å². The monoisotopic (exact) mass is 346 g/mol. The molecule has 15 heavy (non-hydrogen) atoms. The van der Waals surface area contributed by atoms with Gasteiger partial charge in [-0.3, -0.25) is 0 Å². The number of carboxylic acids is 3. The van der Waals surface area contributed by atoms with Gasteiger partial charge in [0.25, 0.3) is 0 Å². The topological polar surface area (TPSA) is 168 Å². The van der Waals surface area contributed by atoms with Crippen molar-refractivity contribution in [2.45, 2.75) is 18.4 Å². The molecule has 0 saturated heterocycles. The Morgan fingerprint density at radius 3 is 1.47 bits per heavy atom. The number of carbonyl (C=O) groups is 3. The van der Waals surface area contributed by atoms with Crippen LogP contribution in [0.4, 0.5) is 0 Å². The zero-order valence-corrected chi connectivity index (χ0v) is 11.0. The van der Waals surface area contributed by atoms with Gasteiger partial charge in [-0.05, 0) is 0 Å². The predicted molar refractivity (Wildman–Crippen MR) is 33.8 cm³/mol. The molecule has 8 nitrogen and oxygen atoms in total. The fourth-order valence-corrected chi connectivity index (χ4v) is 0.691. The second kappa shape index (κ2) is 7.77. The van der Waals surface area contributed by atoms with Crippen molar-refractivity contribution in [3.8, 4) is 0 Å². The average Bonchev–Trinajstić information content (AvgIpc) is 1.82. The predicted octanol–water partition coefficient (Wildman–Crippen LogP) is -4.09. The Balaban J connectivity index is -0.000000720. The van der Waals surface area contributed by atoms with Crippen LogP contribution in [0.1, 0.15) is 12.8 Å². The van der Waals surface area contributed by atoms with Crippen LogP contribution in [0, 0.1) is 35.6 Å². The third-order valence-electron chi connectivity index (χ3n) is 1.27. The molecule has 0 aromatic rings. The van der Waals surface area contributed by atoms with Gasteiger partial charge in [-0.1, -0.05) is 0 Å². The first-order chi connectivity index (χ1) is 5.78. The van der Waals surface area contributed by atoms with Gasteiger partial charge in [0.1, 0.15) is 0 Å². The Hall–Kier alpha value is -0.475. The quantitative estimate of drug-likeness (QED) is 0.506. The second-order valence-electron chi connectivity index (χ2n) is 2.43. The molecule has 0 spiro atoms. The number of carbonyl (C=O) groups excluding carboxylic acids is 2. The summed E-state index contributed by atoms with van der Waals surface area (Å²) in [5, 5.41) is 37.2. The van der Waals surface area contributed by atoms with Gasteiger partial charge in [0.05, 0.1) is 0 Å². The van der Waals surface area contributed by atoms with Crippen molar-refractivity contribution in [3.63, 3.8) is 0 Å². The number of carboxylic acid groups (broad SMARTS) is 3. The fourth-order valence-electron chi connectivity index (χ4n) is 0.691. The molecule has 0 aromatic heterocycles. The molecule has 82 valence electrons. The van der Waals surface area contributed by atoms with E-state index in [1.807, 2.05) is 0 Å². The van der Waals surface area contributed by atoms with E-state index in [-0.39, 0.29) is 41.1 Å². The maximum atomic E-state index is 10.3. The molecule has 0 atom stereocenters. The van der Waals surface area contributed by atoms with Crippen LogP contribution in [-0.4, -0.2) is 39.2 Å². The van der Waals surface area contributed by atoms with Crippen molar-refractivity contribution in [2.75, 3.05) is 0 Å². The van der Waals surface area contributed by atoms with Crippen LogP contribution in [-0.2, 0) is 14.4 Å². The molecule has 0 amide bonds. The van der Waals surface area contributed by atoms with Gasteiger partial charge in [0, 0.05) is 24.8 Å². The van der Waals surface area contributed by atoms with Gasteiger partial charge < -0.3 is 35.5 Å². The minimum Gasteiger partial charge on any atom is -0.870 e. The van der Waals surface area contributed by atoms with Crippen LogP contribution in [0.2, 0.25) is 0 Å². The van der Waals surface area contributed by atoms with Crippen LogP contribution in [0.5, 0.6) is 0 Å². The van der Waals surface area contributed by atoms with Gasteiger partial charge in [0.15, 0.2) is 5.60 Å².